The van der Waals surface area contributed by atoms with Crippen LogP contribution in [0.4, 0.5) is 0 Å². The second-order valence-electron chi connectivity index (χ2n) is 3.82. The van der Waals surface area contributed by atoms with Gasteiger partial charge in [-0.15, -0.1) is 0 Å². The molecule has 2 heteroatoms. The van der Waals surface area contributed by atoms with Crippen molar-refractivity contribution >= 4 is 0 Å². The monoisotopic (exact) mass is 134 g/mol. The van der Waals surface area contributed by atoms with Gasteiger partial charge in [0.1, 0.15) is 5.41 Å². The molecular weight excluding hydrogens is 124 g/mol. The van der Waals surface area contributed by atoms with Crippen LogP contribution < -0.4 is 0 Å². The van der Waals surface area contributed by atoms with E-state index in [0.29, 0.717) is 0 Å². The number of hydrogen-bond donors (Lipinski definition) is 0. The van der Waals surface area contributed by atoms with Gasteiger partial charge in [0.15, 0.2) is 0 Å². The Morgan fingerprint density at radius 3 is 1.60 bits per heavy atom. The molecule has 2 nitrogen and oxygen atoms in total. The van der Waals surface area contributed by atoms with Crippen molar-refractivity contribution in [2.24, 2.45) is 10.8 Å². The quantitative estimate of drug-likeness (QED) is 0.507. The molecular formula is C8H10N2. The lowest BCUT2D eigenvalue weighted by molar-refractivity contribution is 0.0822. The predicted molar refractivity (Wildman–Crippen MR) is 36.7 cm³/mol. The van der Waals surface area contributed by atoms with E-state index in [9.17, 15) is 0 Å². The average Bonchev–Trinajstić information content (AvgIpc) is 1.82. The first-order chi connectivity index (χ1) is 4.54. The second-order valence-corrected chi connectivity index (χ2v) is 3.82. The van der Waals surface area contributed by atoms with Crippen LogP contribution in [-0.4, -0.2) is 0 Å². The number of rotatable bonds is 0. The Morgan fingerprint density at radius 2 is 1.50 bits per heavy atom. The minimum Gasteiger partial charge on any atom is -0.197 e. The molecule has 0 bridgehead atoms. The van der Waals surface area contributed by atoms with Crippen LogP contribution in [0.5, 0.6) is 0 Å². The highest BCUT2D eigenvalue weighted by Crippen LogP contribution is 2.53. The van der Waals surface area contributed by atoms with Crippen LogP contribution in [0, 0.1) is 33.5 Å². The Hall–Kier alpha value is -1.02. The van der Waals surface area contributed by atoms with Crippen LogP contribution in [0.15, 0.2) is 0 Å². The first-order valence-electron chi connectivity index (χ1n) is 3.36. The summed E-state index contributed by atoms with van der Waals surface area (Å²) in [6, 6.07) is 4.12. The Labute approximate surface area is 61.1 Å². The third-order valence-corrected chi connectivity index (χ3v) is 1.99. The van der Waals surface area contributed by atoms with Gasteiger partial charge in [0.25, 0.3) is 0 Å². The Morgan fingerprint density at radius 1 is 1.10 bits per heavy atom. The van der Waals surface area contributed by atoms with Gasteiger partial charge in [-0.1, -0.05) is 13.8 Å². The van der Waals surface area contributed by atoms with E-state index in [1.165, 1.54) is 0 Å². The van der Waals surface area contributed by atoms with Gasteiger partial charge in [-0.05, 0) is 18.3 Å². The number of hydrogen-bond acceptors (Lipinski definition) is 2. The van der Waals surface area contributed by atoms with Crippen molar-refractivity contribution < 1.29 is 0 Å². The zero-order chi connectivity index (χ0) is 7.83. The molecule has 0 radical (unpaired) electrons. The first-order valence-corrected chi connectivity index (χ1v) is 3.36. The molecule has 0 aromatic rings. The van der Waals surface area contributed by atoms with E-state index in [2.05, 4.69) is 26.0 Å². The number of nitriles is 2. The number of nitrogens with zero attached hydrogens (tertiary/aromatic N) is 2. The van der Waals surface area contributed by atoms with Gasteiger partial charge in [0.2, 0.25) is 0 Å². The fourth-order valence-electron chi connectivity index (χ4n) is 1.77. The van der Waals surface area contributed by atoms with Gasteiger partial charge in [0, 0.05) is 0 Å². The van der Waals surface area contributed by atoms with Crippen LogP contribution in [0.2, 0.25) is 0 Å². The lowest BCUT2D eigenvalue weighted by atomic mass is 9.56. The Balaban J connectivity index is 2.68. The summed E-state index contributed by atoms with van der Waals surface area (Å²) < 4.78 is 0. The standard InChI is InChI=1S/C8H10N2/c1-7(2)3-8(4-7,5-9)6-10/h3-4H2,1-2H3. The van der Waals surface area contributed by atoms with E-state index in [0.717, 1.165) is 12.8 Å². The molecule has 0 unspecified atom stereocenters. The summed E-state index contributed by atoms with van der Waals surface area (Å²) in [5, 5.41) is 17.2. The van der Waals surface area contributed by atoms with Gasteiger partial charge in [-0.3, -0.25) is 0 Å². The molecule has 1 fully saturated rings. The third-order valence-electron chi connectivity index (χ3n) is 1.99. The molecule has 0 aromatic heterocycles. The van der Waals surface area contributed by atoms with Crippen LogP contribution in [-0.2, 0) is 0 Å². The fraction of sp³-hybridized carbons (Fsp3) is 0.750. The molecule has 52 valence electrons. The van der Waals surface area contributed by atoms with E-state index in [1.807, 2.05) is 0 Å². The molecule has 0 amide bonds. The van der Waals surface area contributed by atoms with Gasteiger partial charge < -0.3 is 0 Å². The van der Waals surface area contributed by atoms with E-state index in [4.69, 9.17) is 10.5 Å². The normalized spacial score (nSPS) is 25.6. The smallest absolute Gasteiger partial charge is 0.144 e. The van der Waals surface area contributed by atoms with Gasteiger partial charge >= 0.3 is 0 Å². The SMILES string of the molecule is CC1(C)CC(C#N)(C#N)C1. The van der Waals surface area contributed by atoms with Crippen LogP contribution in [0.1, 0.15) is 26.7 Å². The minimum atomic E-state index is -0.649. The second kappa shape index (κ2) is 1.73. The summed E-state index contributed by atoms with van der Waals surface area (Å²) >= 11 is 0. The van der Waals surface area contributed by atoms with Crippen molar-refractivity contribution in [3.63, 3.8) is 0 Å². The summed E-state index contributed by atoms with van der Waals surface area (Å²) in [5.41, 5.74) is -0.436. The highest BCUT2D eigenvalue weighted by atomic mass is 14.5. The van der Waals surface area contributed by atoms with E-state index >= 15 is 0 Å². The molecule has 0 saturated heterocycles. The fourth-order valence-corrected chi connectivity index (χ4v) is 1.77. The van der Waals surface area contributed by atoms with E-state index in [1.54, 1.807) is 0 Å². The van der Waals surface area contributed by atoms with Crippen molar-refractivity contribution in [3.8, 4) is 12.1 Å². The predicted octanol–water partition coefficient (Wildman–Crippen LogP) is 1.84. The summed E-state index contributed by atoms with van der Waals surface area (Å²) in [4.78, 5) is 0. The average molecular weight is 134 g/mol. The molecule has 0 heterocycles. The molecule has 1 saturated carbocycles. The molecule has 1 rings (SSSR count). The molecule has 1 aliphatic carbocycles. The zero-order valence-electron chi connectivity index (χ0n) is 6.31. The zero-order valence-corrected chi connectivity index (χ0v) is 6.31. The van der Waals surface area contributed by atoms with Gasteiger partial charge in [0.05, 0.1) is 12.1 Å². The molecule has 0 N–H and O–H groups in total. The Kier molecular flexibility index (Phi) is 1.23. The molecule has 0 aromatic carbocycles. The summed E-state index contributed by atoms with van der Waals surface area (Å²) in [5.74, 6) is 0. The maximum atomic E-state index is 8.60. The van der Waals surface area contributed by atoms with Crippen molar-refractivity contribution in [1.29, 1.82) is 10.5 Å². The highest BCUT2D eigenvalue weighted by Gasteiger charge is 2.50. The lowest BCUT2D eigenvalue weighted by Crippen LogP contribution is -2.40. The first kappa shape index (κ1) is 7.09. The maximum absolute atomic E-state index is 8.60. The van der Waals surface area contributed by atoms with Crippen molar-refractivity contribution in [3.05, 3.63) is 0 Å². The third kappa shape index (κ3) is 0.866. The maximum Gasteiger partial charge on any atom is 0.144 e. The van der Waals surface area contributed by atoms with Gasteiger partial charge in [-0.25, -0.2) is 0 Å². The van der Waals surface area contributed by atoms with Crippen LogP contribution >= 0.6 is 0 Å². The van der Waals surface area contributed by atoms with Crippen LogP contribution in [0.3, 0.4) is 0 Å². The highest BCUT2D eigenvalue weighted by molar-refractivity contribution is 5.22. The lowest BCUT2D eigenvalue weighted by Gasteiger charge is -2.44. The molecule has 1 aliphatic rings. The Bertz CT molecular complexity index is 203. The van der Waals surface area contributed by atoms with Crippen LogP contribution in [0.25, 0.3) is 0 Å². The molecule has 0 atom stereocenters. The summed E-state index contributed by atoms with van der Waals surface area (Å²) in [7, 11) is 0. The van der Waals surface area contributed by atoms with Crippen molar-refractivity contribution in [2.75, 3.05) is 0 Å². The van der Waals surface area contributed by atoms with Crippen molar-refractivity contribution in [2.45, 2.75) is 26.7 Å². The summed E-state index contributed by atoms with van der Waals surface area (Å²) in [6.45, 7) is 4.17. The topological polar surface area (TPSA) is 47.6 Å². The minimum absolute atomic E-state index is 0.214. The molecule has 0 spiro atoms. The molecule has 10 heavy (non-hydrogen) atoms. The van der Waals surface area contributed by atoms with E-state index in [-0.39, 0.29) is 5.41 Å². The van der Waals surface area contributed by atoms with E-state index < -0.39 is 5.41 Å². The summed E-state index contributed by atoms with van der Waals surface area (Å²) in [6.07, 6.45) is 1.46. The molecule has 0 aliphatic heterocycles. The van der Waals surface area contributed by atoms with Gasteiger partial charge in [-0.2, -0.15) is 10.5 Å². The largest absolute Gasteiger partial charge is 0.197 e. The van der Waals surface area contributed by atoms with Crippen molar-refractivity contribution in [1.82, 2.24) is 0 Å².